The maximum atomic E-state index is 3.23. The number of allylic oxidation sites excluding steroid dienone is 4. The van der Waals surface area contributed by atoms with Crippen molar-refractivity contribution < 1.29 is 51.4 Å². The third kappa shape index (κ3) is 4.09. The molecule has 0 spiro atoms. The molecule has 1 aliphatic rings. The molecular formula is C9H13K. The molecule has 1 rings (SSSR count). The molecule has 0 fully saturated rings. The van der Waals surface area contributed by atoms with Gasteiger partial charge in [-0.05, 0) is 0 Å². The van der Waals surface area contributed by atoms with Gasteiger partial charge in [0.05, 0.1) is 0 Å². The summed E-state index contributed by atoms with van der Waals surface area (Å²) in [7, 11) is 0. The average molecular weight is 160 g/mol. The van der Waals surface area contributed by atoms with Crippen LogP contribution in [0.25, 0.3) is 0 Å². The SMILES string of the molecule is CCCCC1=[C-]C=CC1.[K+]. The minimum atomic E-state index is 0. The maximum Gasteiger partial charge on any atom is 1.00 e. The fourth-order valence-electron chi connectivity index (χ4n) is 1.00. The first-order valence-corrected chi connectivity index (χ1v) is 3.69. The van der Waals surface area contributed by atoms with Crippen LogP contribution in [0.5, 0.6) is 0 Å². The summed E-state index contributed by atoms with van der Waals surface area (Å²) in [5.74, 6) is 0. The van der Waals surface area contributed by atoms with Crippen LogP contribution < -0.4 is 51.4 Å². The fraction of sp³-hybridized carbons (Fsp3) is 0.556. The van der Waals surface area contributed by atoms with Gasteiger partial charge in [0.25, 0.3) is 0 Å². The van der Waals surface area contributed by atoms with Crippen molar-refractivity contribution in [3.8, 4) is 0 Å². The molecule has 0 aliphatic heterocycles. The van der Waals surface area contributed by atoms with Gasteiger partial charge < -0.3 is 0 Å². The van der Waals surface area contributed by atoms with Crippen molar-refractivity contribution in [2.75, 3.05) is 0 Å². The first kappa shape index (κ1) is 11.1. The number of hydrogen-bond donors (Lipinski definition) is 0. The summed E-state index contributed by atoms with van der Waals surface area (Å²) in [6.45, 7) is 2.23. The molecule has 0 saturated carbocycles. The monoisotopic (exact) mass is 160 g/mol. The van der Waals surface area contributed by atoms with E-state index in [2.05, 4.69) is 19.1 Å². The molecular weight excluding hydrogens is 147 g/mol. The zero-order chi connectivity index (χ0) is 6.53. The minimum absolute atomic E-state index is 0. The Kier molecular flexibility index (Phi) is 7.56. The largest absolute Gasteiger partial charge is 1.00 e. The molecule has 0 unspecified atom stereocenters. The van der Waals surface area contributed by atoms with Gasteiger partial charge >= 0.3 is 51.4 Å². The van der Waals surface area contributed by atoms with Crippen molar-refractivity contribution in [1.29, 1.82) is 0 Å². The molecule has 0 aromatic carbocycles. The van der Waals surface area contributed by atoms with Crippen molar-refractivity contribution in [2.45, 2.75) is 32.6 Å². The third-order valence-electron chi connectivity index (χ3n) is 1.60. The quantitative estimate of drug-likeness (QED) is 0.398. The van der Waals surface area contributed by atoms with Gasteiger partial charge in [-0.25, -0.2) is 12.2 Å². The summed E-state index contributed by atoms with van der Waals surface area (Å²) in [6, 6.07) is 0. The van der Waals surface area contributed by atoms with E-state index in [-0.39, 0.29) is 51.4 Å². The maximum absolute atomic E-state index is 3.23. The molecule has 1 aliphatic carbocycles. The molecule has 0 nitrogen and oxygen atoms in total. The van der Waals surface area contributed by atoms with E-state index in [1.807, 2.05) is 6.08 Å². The van der Waals surface area contributed by atoms with E-state index in [9.17, 15) is 0 Å². The van der Waals surface area contributed by atoms with Gasteiger partial charge in [0.2, 0.25) is 0 Å². The molecule has 10 heavy (non-hydrogen) atoms. The second kappa shape index (κ2) is 6.80. The summed E-state index contributed by atoms with van der Waals surface area (Å²) in [5, 5.41) is 0. The van der Waals surface area contributed by atoms with E-state index in [0.717, 1.165) is 6.42 Å². The van der Waals surface area contributed by atoms with E-state index >= 15 is 0 Å². The van der Waals surface area contributed by atoms with Crippen molar-refractivity contribution in [2.24, 2.45) is 0 Å². The zero-order valence-electron chi connectivity index (χ0n) is 6.98. The average Bonchev–Trinajstić information content (AvgIpc) is 2.34. The van der Waals surface area contributed by atoms with Crippen molar-refractivity contribution in [3.05, 3.63) is 23.8 Å². The van der Waals surface area contributed by atoms with E-state index in [0.29, 0.717) is 0 Å². The molecule has 0 heterocycles. The van der Waals surface area contributed by atoms with Crippen LogP contribution in [0.4, 0.5) is 0 Å². The molecule has 50 valence electrons. The smallest absolute Gasteiger partial charge is 0.253 e. The predicted octanol–water partition coefficient (Wildman–Crippen LogP) is -0.130. The second-order valence-electron chi connectivity index (χ2n) is 2.46. The normalized spacial score (nSPS) is 14.7. The van der Waals surface area contributed by atoms with Crippen LogP contribution in [0.1, 0.15) is 32.6 Å². The Balaban J connectivity index is 0.000000810. The Labute approximate surface area is 106 Å². The fourth-order valence-corrected chi connectivity index (χ4v) is 1.00. The molecule has 0 aromatic heterocycles. The molecule has 0 saturated heterocycles. The molecule has 0 radical (unpaired) electrons. The molecule has 0 amide bonds. The standard InChI is InChI=1S/C9H13.K/c1-2-3-6-9-7-4-5-8-9;/h4-5H,2-3,6-7H2,1H3;/q-1;+1. The van der Waals surface area contributed by atoms with Crippen LogP contribution in [0.15, 0.2) is 17.7 Å². The van der Waals surface area contributed by atoms with E-state index in [1.54, 1.807) is 0 Å². The zero-order valence-corrected chi connectivity index (χ0v) is 10.1. The van der Waals surface area contributed by atoms with Crippen LogP contribution in [0, 0.1) is 6.08 Å². The summed E-state index contributed by atoms with van der Waals surface area (Å²) >= 11 is 0. The van der Waals surface area contributed by atoms with Crippen LogP contribution in [-0.4, -0.2) is 0 Å². The van der Waals surface area contributed by atoms with Gasteiger partial charge in [0, 0.05) is 0 Å². The third-order valence-corrected chi connectivity index (χ3v) is 1.60. The Morgan fingerprint density at radius 2 is 2.40 bits per heavy atom. The van der Waals surface area contributed by atoms with E-state index in [4.69, 9.17) is 0 Å². The first-order valence-electron chi connectivity index (χ1n) is 3.69. The van der Waals surface area contributed by atoms with Crippen molar-refractivity contribution in [3.63, 3.8) is 0 Å². The van der Waals surface area contributed by atoms with Gasteiger partial charge in [0.1, 0.15) is 0 Å². The van der Waals surface area contributed by atoms with Gasteiger partial charge in [-0.3, -0.25) is 6.08 Å². The van der Waals surface area contributed by atoms with Gasteiger partial charge in [-0.1, -0.05) is 32.6 Å². The van der Waals surface area contributed by atoms with Gasteiger partial charge in [0.15, 0.2) is 0 Å². The second-order valence-corrected chi connectivity index (χ2v) is 2.46. The van der Waals surface area contributed by atoms with E-state index < -0.39 is 0 Å². The summed E-state index contributed by atoms with van der Waals surface area (Å²) in [5.41, 5.74) is 1.48. The van der Waals surface area contributed by atoms with Crippen LogP contribution in [-0.2, 0) is 0 Å². The van der Waals surface area contributed by atoms with Crippen molar-refractivity contribution in [1.82, 2.24) is 0 Å². The van der Waals surface area contributed by atoms with Crippen LogP contribution in [0.2, 0.25) is 0 Å². The number of rotatable bonds is 3. The molecule has 1 heteroatoms. The van der Waals surface area contributed by atoms with E-state index in [1.165, 1.54) is 24.8 Å². The van der Waals surface area contributed by atoms with Crippen LogP contribution >= 0.6 is 0 Å². The topological polar surface area (TPSA) is 0 Å². The summed E-state index contributed by atoms with van der Waals surface area (Å²) in [6.07, 6.45) is 12.5. The minimum Gasteiger partial charge on any atom is -0.253 e. The molecule has 0 N–H and O–H groups in total. The molecule has 0 bridgehead atoms. The summed E-state index contributed by atoms with van der Waals surface area (Å²) < 4.78 is 0. The Hall–Kier alpha value is 1.12. The predicted molar refractivity (Wildman–Crippen MR) is 40.0 cm³/mol. The molecule has 0 aromatic rings. The number of unbranched alkanes of at least 4 members (excludes halogenated alkanes) is 1. The first-order chi connectivity index (χ1) is 4.43. The Bertz CT molecular complexity index is 134. The number of hydrogen-bond acceptors (Lipinski definition) is 0. The Morgan fingerprint density at radius 1 is 1.60 bits per heavy atom. The van der Waals surface area contributed by atoms with Crippen molar-refractivity contribution >= 4 is 0 Å². The summed E-state index contributed by atoms with van der Waals surface area (Å²) in [4.78, 5) is 0. The van der Waals surface area contributed by atoms with Crippen LogP contribution in [0.3, 0.4) is 0 Å². The molecule has 0 atom stereocenters. The van der Waals surface area contributed by atoms with Gasteiger partial charge in [-0.2, -0.15) is 5.57 Å². The Morgan fingerprint density at radius 3 is 2.90 bits per heavy atom. The van der Waals surface area contributed by atoms with Gasteiger partial charge in [-0.15, -0.1) is 0 Å².